The Hall–Kier alpha value is -1.94. The minimum Gasteiger partial charge on any atom is -0.462 e. The number of unbranched alkanes of at least 4 members (excludes halogenated alkanes) is 51. The summed E-state index contributed by atoms with van der Waals surface area (Å²) >= 11 is 0. The molecule has 600 valence electrons. The van der Waals surface area contributed by atoms with Crippen molar-refractivity contribution in [3.8, 4) is 0 Å². The quantitative estimate of drug-likeness (QED) is 0.0222. The van der Waals surface area contributed by atoms with Crippen molar-refractivity contribution in [2.75, 3.05) is 39.6 Å². The summed E-state index contributed by atoms with van der Waals surface area (Å²) in [5.41, 5.74) is 0. The molecule has 0 aromatic rings. The van der Waals surface area contributed by atoms with Crippen molar-refractivity contribution in [3.63, 3.8) is 0 Å². The fraction of sp³-hybridized carbons (Fsp3) is 0.951. The molecule has 0 rings (SSSR count). The number of rotatable bonds is 81. The molecule has 0 heterocycles. The first-order valence-corrected chi connectivity index (χ1v) is 45.5. The predicted molar refractivity (Wildman–Crippen MR) is 414 cm³/mol. The van der Waals surface area contributed by atoms with Crippen LogP contribution in [0.3, 0.4) is 0 Å². The summed E-state index contributed by atoms with van der Waals surface area (Å²) in [6, 6.07) is 0. The van der Waals surface area contributed by atoms with Crippen molar-refractivity contribution >= 4 is 39.5 Å². The van der Waals surface area contributed by atoms with Gasteiger partial charge in [0.1, 0.15) is 19.3 Å². The Bertz CT molecular complexity index is 1940. The zero-order valence-electron chi connectivity index (χ0n) is 66.2. The monoisotopic (exact) mass is 1480 g/mol. The minimum absolute atomic E-state index is 0.107. The van der Waals surface area contributed by atoms with Gasteiger partial charge in [0.2, 0.25) is 0 Å². The van der Waals surface area contributed by atoms with Crippen LogP contribution in [0.1, 0.15) is 433 Å². The van der Waals surface area contributed by atoms with Gasteiger partial charge in [0.15, 0.2) is 12.2 Å². The van der Waals surface area contributed by atoms with Crippen LogP contribution in [0.5, 0.6) is 0 Å². The van der Waals surface area contributed by atoms with E-state index in [1.807, 2.05) is 0 Å². The Balaban J connectivity index is 5.11. The molecule has 0 radical (unpaired) electrons. The molecular formula is C82H160O17P2. The maximum Gasteiger partial charge on any atom is 0.472 e. The van der Waals surface area contributed by atoms with Gasteiger partial charge in [0, 0.05) is 25.7 Å². The molecule has 0 spiro atoms. The van der Waals surface area contributed by atoms with E-state index < -0.39 is 97.5 Å². The summed E-state index contributed by atoms with van der Waals surface area (Å²) in [5.74, 6) is -0.507. The molecule has 0 aliphatic carbocycles. The predicted octanol–water partition coefficient (Wildman–Crippen LogP) is 24.7. The normalized spacial score (nSPS) is 13.9. The van der Waals surface area contributed by atoms with Gasteiger partial charge in [-0.25, -0.2) is 9.13 Å². The number of phosphoric ester groups is 2. The van der Waals surface area contributed by atoms with E-state index in [-0.39, 0.29) is 25.7 Å². The Morgan fingerprint density at radius 3 is 0.673 bits per heavy atom. The van der Waals surface area contributed by atoms with Gasteiger partial charge in [-0.2, -0.15) is 0 Å². The highest BCUT2D eigenvalue weighted by molar-refractivity contribution is 7.47. The summed E-state index contributed by atoms with van der Waals surface area (Å²) in [6.45, 7) is 9.61. The second-order valence-electron chi connectivity index (χ2n) is 30.5. The van der Waals surface area contributed by atoms with Crippen LogP contribution in [0.25, 0.3) is 0 Å². The smallest absolute Gasteiger partial charge is 0.462 e. The highest BCUT2D eigenvalue weighted by atomic mass is 31.2. The number of hydrogen-bond donors (Lipinski definition) is 3. The molecule has 0 saturated heterocycles. The van der Waals surface area contributed by atoms with Gasteiger partial charge in [-0.3, -0.25) is 37.3 Å². The van der Waals surface area contributed by atoms with Gasteiger partial charge >= 0.3 is 39.5 Å². The van der Waals surface area contributed by atoms with Crippen LogP contribution in [0.15, 0.2) is 0 Å². The zero-order chi connectivity index (χ0) is 74.2. The lowest BCUT2D eigenvalue weighted by atomic mass is 10.0. The molecule has 101 heavy (non-hydrogen) atoms. The Morgan fingerprint density at radius 1 is 0.267 bits per heavy atom. The third kappa shape index (κ3) is 76.1. The summed E-state index contributed by atoms with van der Waals surface area (Å²) in [5, 5.41) is 10.6. The second-order valence-corrected chi connectivity index (χ2v) is 33.4. The first kappa shape index (κ1) is 99.1. The summed E-state index contributed by atoms with van der Waals surface area (Å²) < 4.78 is 68.5. The fourth-order valence-corrected chi connectivity index (χ4v) is 14.3. The van der Waals surface area contributed by atoms with E-state index in [0.29, 0.717) is 25.7 Å². The first-order chi connectivity index (χ1) is 48.9. The largest absolute Gasteiger partial charge is 0.472 e. The first-order valence-electron chi connectivity index (χ1n) is 42.5. The van der Waals surface area contributed by atoms with Crippen LogP contribution >= 0.6 is 15.6 Å². The number of esters is 4. The third-order valence-corrected chi connectivity index (χ3v) is 21.1. The molecular weight excluding hydrogens is 1320 g/mol. The number of aliphatic hydroxyl groups excluding tert-OH is 1. The molecule has 0 aliphatic rings. The number of aliphatic hydroxyl groups is 1. The molecule has 0 bridgehead atoms. The summed E-state index contributed by atoms with van der Waals surface area (Å²) in [6.07, 6.45) is 64.3. The lowest BCUT2D eigenvalue weighted by Crippen LogP contribution is -2.30. The van der Waals surface area contributed by atoms with Gasteiger partial charge in [-0.05, 0) is 37.5 Å². The molecule has 0 aromatic heterocycles. The van der Waals surface area contributed by atoms with Gasteiger partial charge in [-0.15, -0.1) is 0 Å². The van der Waals surface area contributed by atoms with Crippen molar-refractivity contribution in [1.82, 2.24) is 0 Å². The minimum atomic E-state index is -4.96. The van der Waals surface area contributed by atoms with Crippen LogP contribution in [0.4, 0.5) is 0 Å². The number of hydrogen-bond acceptors (Lipinski definition) is 15. The van der Waals surface area contributed by atoms with E-state index in [2.05, 4.69) is 41.5 Å². The molecule has 19 heteroatoms. The molecule has 5 atom stereocenters. The summed E-state index contributed by atoms with van der Waals surface area (Å²) in [4.78, 5) is 72.8. The molecule has 0 aromatic carbocycles. The van der Waals surface area contributed by atoms with E-state index >= 15 is 0 Å². The topological polar surface area (TPSA) is 237 Å². The standard InChI is InChI=1S/C82H160O17P2/c1-7-9-11-13-14-15-16-17-18-19-20-21-27-32-37-42-47-53-59-65-80(85)93-71-78(99-82(87)67-61-54-48-43-38-33-28-23-22-25-30-35-40-45-51-56-62-74(3)4)73-97-101(90,91)95-69-76(83)68-94-100(88,89)96-72-77(70-92-79(84)64-58-50-12-10-8-2)98-81(86)66-60-55-49-44-39-34-29-24-26-31-36-41-46-52-57-63-75(5)6/h74-78,83H,7-73H2,1-6H3,(H,88,89)(H,90,91)/t76-,77+,78+/m0/s1. The Labute approximate surface area is 619 Å². The van der Waals surface area contributed by atoms with Gasteiger partial charge in [0.05, 0.1) is 26.4 Å². The zero-order valence-corrected chi connectivity index (χ0v) is 68.0. The Kier molecular flexibility index (Phi) is 72.2. The fourth-order valence-electron chi connectivity index (χ4n) is 12.7. The molecule has 17 nitrogen and oxygen atoms in total. The highest BCUT2D eigenvalue weighted by Gasteiger charge is 2.30. The van der Waals surface area contributed by atoms with Crippen LogP contribution in [0.2, 0.25) is 0 Å². The highest BCUT2D eigenvalue weighted by Crippen LogP contribution is 2.45. The van der Waals surface area contributed by atoms with E-state index in [9.17, 15) is 43.2 Å². The number of ether oxygens (including phenoxy) is 4. The van der Waals surface area contributed by atoms with Crippen molar-refractivity contribution < 1.29 is 80.2 Å². The average molecular weight is 1480 g/mol. The van der Waals surface area contributed by atoms with Crippen LogP contribution in [-0.4, -0.2) is 96.7 Å². The molecule has 0 saturated carbocycles. The number of carbonyl (C=O) groups is 4. The number of phosphoric acid groups is 2. The maximum absolute atomic E-state index is 13.1. The Morgan fingerprint density at radius 2 is 0.455 bits per heavy atom. The molecule has 0 aliphatic heterocycles. The number of carbonyl (C=O) groups excluding carboxylic acids is 4. The van der Waals surface area contributed by atoms with Crippen molar-refractivity contribution in [2.45, 2.75) is 452 Å². The van der Waals surface area contributed by atoms with Crippen molar-refractivity contribution in [3.05, 3.63) is 0 Å². The average Bonchev–Trinajstić information content (AvgIpc) is 0.935. The van der Waals surface area contributed by atoms with E-state index in [1.165, 1.54) is 244 Å². The lowest BCUT2D eigenvalue weighted by Gasteiger charge is -2.21. The van der Waals surface area contributed by atoms with Crippen molar-refractivity contribution in [1.29, 1.82) is 0 Å². The maximum atomic E-state index is 13.1. The van der Waals surface area contributed by atoms with Gasteiger partial charge in [-0.1, -0.05) is 382 Å². The molecule has 3 N–H and O–H groups in total. The van der Waals surface area contributed by atoms with Crippen LogP contribution in [-0.2, 0) is 65.4 Å². The molecule has 0 fully saturated rings. The lowest BCUT2D eigenvalue weighted by molar-refractivity contribution is -0.161. The second kappa shape index (κ2) is 73.6. The van der Waals surface area contributed by atoms with Crippen LogP contribution in [0, 0.1) is 11.8 Å². The summed E-state index contributed by atoms with van der Waals surface area (Å²) in [7, 11) is -9.91. The van der Waals surface area contributed by atoms with Crippen molar-refractivity contribution in [2.24, 2.45) is 11.8 Å². The van der Waals surface area contributed by atoms with Crippen LogP contribution < -0.4 is 0 Å². The van der Waals surface area contributed by atoms with Gasteiger partial charge in [0.25, 0.3) is 0 Å². The SMILES string of the molecule is CCCCCCCCCCCCCCCCCCCCCC(=O)OC[C@H](COP(=O)(O)OC[C@@H](O)COP(=O)(O)OC[C@@H](COC(=O)CCCCCCC)OC(=O)CCCCCCCCCCCCCCCCCC(C)C)OC(=O)CCCCCCCCCCCCCCCCCCC(C)C. The van der Waals surface area contributed by atoms with E-state index in [0.717, 1.165) is 108 Å². The molecule has 2 unspecified atom stereocenters. The van der Waals surface area contributed by atoms with E-state index in [1.54, 1.807) is 0 Å². The van der Waals surface area contributed by atoms with Gasteiger partial charge < -0.3 is 33.8 Å². The molecule has 0 amide bonds. The van der Waals surface area contributed by atoms with E-state index in [4.69, 9.17) is 37.0 Å². The third-order valence-electron chi connectivity index (χ3n) is 19.2.